The Balaban J connectivity index is 0.00000625. The van der Waals surface area contributed by atoms with E-state index in [1.54, 1.807) is 7.05 Å². The Bertz CT molecular complexity index is 592. The highest BCUT2D eigenvalue weighted by atomic mass is 127. The number of nitrogens with zero attached hydrogens (tertiary/aromatic N) is 3. The minimum atomic E-state index is -0.518. The van der Waals surface area contributed by atoms with E-state index in [0.717, 1.165) is 12.1 Å². The molecule has 0 spiro atoms. The maximum absolute atomic E-state index is 11.9. The highest BCUT2D eigenvalue weighted by Gasteiger charge is 2.24. The third-order valence-corrected chi connectivity index (χ3v) is 3.16. The number of carbonyl (C=O) groups is 1. The molecule has 9 heteroatoms. The second-order valence-corrected chi connectivity index (χ2v) is 7.64. The molecule has 3 N–H and O–H groups in total. The number of hydrogen-bond acceptors (Lipinski definition) is 4. The zero-order chi connectivity index (χ0) is 19.1. The number of alkyl carbamates (subject to hydrolysis) is 1. The lowest BCUT2D eigenvalue weighted by atomic mass is 10.1. The topological polar surface area (TPSA) is 92.6 Å². The van der Waals surface area contributed by atoms with Crippen molar-refractivity contribution < 1.29 is 9.53 Å². The van der Waals surface area contributed by atoms with Crippen LogP contribution in [-0.4, -0.2) is 53.1 Å². The van der Waals surface area contributed by atoms with E-state index in [0.29, 0.717) is 19.0 Å². The SMILES string of the molecule is CN=C(NCCn1cc(C)cn1)NCC(C)(C)NC(=O)OC(C)(C)C.I. The number of ether oxygens (including phenoxy) is 1. The van der Waals surface area contributed by atoms with Crippen LogP contribution in [0.1, 0.15) is 40.2 Å². The summed E-state index contributed by atoms with van der Waals surface area (Å²) in [7, 11) is 1.71. The Hall–Kier alpha value is -1.52. The summed E-state index contributed by atoms with van der Waals surface area (Å²) in [5.74, 6) is 0.669. The van der Waals surface area contributed by atoms with Crippen LogP contribution >= 0.6 is 24.0 Å². The monoisotopic (exact) mass is 480 g/mol. The van der Waals surface area contributed by atoms with Gasteiger partial charge in [-0.3, -0.25) is 9.67 Å². The highest BCUT2D eigenvalue weighted by molar-refractivity contribution is 14.0. The molecule has 1 rings (SSSR count). The number of carbonyl (C=O) groups excluding carboxylic acids is 1. The summed E-state index contributed by atoms with van der Waals surface area (Å²) in [5.41, 5.74) is 0.132. The average molecular weight is 480 g/mol. The summed E-state index contributed by atoms with van der Waals surface area (Å²) in [6.45, 7) is 13.3. The van der Waals surface area contributed by atoms with E-state index in [1.165, 1.54) is 0 Å². The average Bonchev–Trinajstić information content (AvgIpc) is 2.85. The lowest BCUT2D eigenvalue weighted by molar-refractivity contribution is 0.0474. The molecule has 26 heavy (non-hydrogen) atoms. The number of amides is 1. The molecule has 0 saturated heterocycles. The van der Waals surface area contributed by atoms with E-state index in [2.05, 4.69) is 26.0 Å². The molecule has 8 nitrogen and oxygen atoms in total. The number of rotatable bonds is 6. The molecule has 0 radical (unpaired) electrons. The Labute approximate surface area is 173 Å². The first-order valence-corrected chi connectivity index (χ1v) is 8.45. The zero-order valence-corrected chi connectivity index (χ0v) is 19.2. The maximum atomic E-state index is 11.9. The van der Waals surface area contributed by atoms with Gasteiger partial charge in [0.05, 0.1) is 18.3 Å². The van der Waals surface area contributed by atoms with Gasteiger partial charge in [-0.25, -0.2) is 4.79 Å². The molecule has 0 bridgehead atoms. The quantitative estimate of drug-likeness (QED) is 0.330. The Morgan fingerprint density at radius 1 is 1.27 bits per heavy atom. The fourth-order valence-corrected chi connectivity index (χ4v) is 2.03. The van der Waals surface area contributed by atoms with Crippen molar-refractivity contribution in [3.8, 4) is 0 Å². The van der Waals surface area contributed by atoms with Gasteiger partial charge in [0, 0.05) is 26.3 Å². The number of aliphatic imine (C=N–C) groups is 1. The third-order valence-electron chi connectivity index (χ3n) is 3.16. The molecule has 1 amide bonds. The van der Waals surface area contributed by atoms with Crippen LogP contribution in [0.2, 0.25) is 0 Å². The van der Waals surface area contributed by atoms with E-state index >= 15 is 0 Å². The third kappa shape index (κ3) is 10.5. The molecule has 1 aromatic heterocycles. The Morgan fingerprint density at radius 2 is 1.92 bits per heavy atom. The van der Waals surface area contributed by atoms with Crippen LogP contribution < -0.4 is 16.0 Å². The van der Waals surface area contributed by atoms with Gasteiger partial charge in [0.1, 0.15) is 5.60 Å². The number of hydrogen-bond donors (Lipinski definition) is 3. The molecule has 0 saturated carbocycles. The van der Waals surface area contributed by atoms with Gasteiger partial charge in [0.25, 0.3) is 0 Å². The molecule has 0 atom stereocenters. The lowest BCUT2D eigenvalue weighted by Crippen LogP contribution is -2.54. The first-order chi connectivity index (χ1) is 11.5. The van der Waals surface area contributed by atoms with E-state index in [9.17, 15) is 4.79 Å². The lowest BCUT2D eigenvalue weighted by Gasteiger charge is -2.29. The van der Waals surface area contributed by atoms with Crippen molar-refractivity contribution in [3.05, 3.63) is 18.0 Å². The fraction of sp³-hybridized carbons (Fsp3) is 0.706. The van der Waals surface area contributed by atoms with Crippen molar-refractivity contribution in [1.82, 2.24) is 25.7 Å². The normalized spacial score (nSPS) is 12.2. The summed E-state index contributed by atoms with van der Waals surface area (Å²) in [6, 6.07) is 0. The van der Waals surface area contributed by atoms with Crippen molar-refractivity contribution in [3.63, 3.8) is 0 Å². The Morgan fingerprint density at radius 3 is 2.42 bits per heavy atom. The van der Waals surface area contributed by atoms with Crippen molar-refractivity contribution >= 4 is 36.0 Å². The van der Waals surface area contributed by atoms with Crippen molar-refractivity contribution in [2.75, 3.05) is 20.1 Å². The molecule has 1 heterocycles. The number of nitrogens with one attached hydrogen (secondary N) is 3. The minimum Gasteiger partial charge on any atom is -0.444 e. The van der Waals surface area contributed by atoms with Crippen molar-refractivity contribution in [1.29, 1.82) is 0 Å². The summed E-state index contributed by atoms with van der Waals surface area (Å²) in [5, 5.41) is 13.5. The second kappa shape index (κ2) is 10.6. The van der Waals surface area contributed by atoms with E-state index in [-0.39, 0.29) is 24.0 Å². The molecule has 1 aromatic rings. The van der Waals surface area contributed by atoms with E-state index in [1.807, 2.05) is 58.6 Å². The first kappa shape index (κ1) is 24.5. The van der Waals surface area contributed by atoms with Gasteiger partial charge in [0.15, 0.2) is 5.96 Å². The number of guanidine groups is 1. The van der Waals surface area contributed by atoms with Crippen LogP contribution in [0.3, 0.4) is 0 Å². The second-order valence-electron chi connectivity index (χ2n) is 7.64. The minimum absolute atomic E-state index is 0. The molecule has 0 aliphatic heterocycles. The zero-order valence-electron chi connectivity index (χ0n) is 16.8. The first-order valence-electron chi connectivity index (χ1n) is 8.45. The predicted octanol–water partition coefficient (Wildman–Crippen LogP) is 2.28. The van der Waals surface area contributed by atoms with Gasteiger partial charge in [-0.2, -0.15) is 5.10 Å². The largest absolute Gasteiger partial charge is 0.444 e. The van der Waals surface area contributed by atoms with Crippen LogP contribution in [0.25, 0.3) is 0 Å². The summed E-state index contributed by atoms with van der Waals surface area (Å²) in [6.07, 6.45) is 3.39. The van der Waals surface area contributed by atoms with Gasteiger partial charge < -0.3 is 20.7 Å². The standard InChI is InChI=1S/C17H32N6O2.HI/c1-13-10-21-23(11-13)9-8-19-14(18-7)20-12-17(5,6)22-15(24)25-16(2,3)4;/h10-11H,8-9,12H2,1-7H3,(H,22,24)(H2,18,19,20);1H. The molecule has 150 valence electrons. The van der Waals surface area contributed by atoms with Gasteiger partial charge >= 0.3 is 6.09 Å². The van der Waals surface area contributed by atoms with Crippen LogP contribution in [0.4, 0.5) is 4.79 Å². The molecule has 0 unspecified atom stereocenters. The molecule has 0 fully saturated rings. The van der Waals surface area contributed by atoms with Crippen LogP contribution in [-0.2, 0) is 11.3 Å². The van der Waals surface area contributed by atoms with E-state index < -0.39 is 17.2 Å². The molecular weight excluding hydrogens is 447 g/mol. The number of aromatic nitrogens is 2. The maximum Gasteiger partial charge on any atom is 0.408 e. The highest BCUT2D eigenvalue weighted by Crippen LogP contribution is 2.09. The Kier molecular flexibility index (Phi) is 9.97. The number of halogens is 1. The van der Waals surface area contributed by atoms with Gasteiger partial charge in [-0.15, -0.1) is 24.0 Å². The van der Waals surface area contributed by atoms with Gasteiger partial charge in [0.2, 0.25) is 0 Å². The fourth-order valence-electron chi connectivity index (χ4n) is 2.03. The van der Waals surface area contributed by atoms with Crippen molar-refractivity contribution in [2.24, 2.45) is 4.99 Å². The summed E-state index contributed by atoms with van der Waals surface area (Å²) in [4.78, 5) is 16.1. The predicted molar refractivity (Wildman–Crippen MR) is 115 cm³/mol. The van der Waals surface area contributed by atoms with Gasteiger partial charge in [-0.1, -0.05) is 0 Å². The molecule has 0 aliphatic rings. The van der Waals surface area contributed by atoms with E-state index in [4.69, 9.17) is 4.74 Å². The number of aryl methyl sites for hydroxylation is 1. The van der Waals surface area contributed by atoms with Crippen LogP contribution in [0.5, 0.6) is 0 Å². The summed E-state index contributed by atoms with van der Waals surface area (Å²) >= 11 is 0. The molecular formula is C17H33IN6O2. The smallest absolute Gasteiger partial charge is 0.408 e. The van der Waals surface area contributed by atoms with Gasteiger partial charge in [-0.05, 0) is 47.1 Å². The van der Waals surface area contributed by atoms with Crippen molar-refractivity contribution in [2.45, 2.75) is 59.2 Å². The summed E-state index contributed by atoms with van der Waals surface area (Å²) < 4.78 is 7.17. The molecule has 0 aromatic carbocycles. The molecule has 0 aliphatic carbocycles. The van der Waals surface area contributed by atoms with Crippen LogP contribution in [0.15, 0.2) is 17.4 Å². The van der Waals surface area contributed by atoms with Crippen LogP contribution in [0, 0.1) is 6.92 Å².